The van der Waals surface area contributed by atoms with Crippen molar-refractivity contribution in [2.75, 3.05) is 38.0 Å². The Hall–Kier alpha value is -3.47. The van der Waals surface area contributed by atoms with Crippen LogP contribution in [0.2, 0.25) is 0 Å². The van der Waals surface area contributed by atoms with Gasteiger partial charge in [0.2, 0.25) is 11.8 Å². The normalized spacial score (nSPS) is 18.0. The summed E-state index contributed by atoms with van der Waals surface area (Å²) in [5, 5.41) is 2.75. The van der Waals surface area contributed by atoms with Crippen LogP contribution in [0.5, 0.6) is 0 Å². The Morgan fingerprint density at radius 1 is 1.07 bits per heavy atom. The Bertz CT molecular complexity index is 1400. The molecule has 9 nitrogen and oxygen atoms in total. The summed E-state index contributed by atoms with van der Waals surface area (Å²) in [6.07, 6.45) is 2.55. The molecule has 0 aromatic heterocycles. The fourth-order valence-electron chi connectivity index (χ4n) is 5.56. The molecule has 0 unspecified atom stereocenters. The van der Waals surface area contributed by atoms with Gasteiger partial charge in [-0.3, -0.25) is 14.4 Å². The van der Waals surface area contributed by atoms with Crippen molar-refractivity contribution in [1.29, 1.82) is 0 Å². The van der Waals surface area contributed by atoms with Crippen molar-refractivity contribution in [3.8, 4) is 0 Å². The number of nitrogens with zero attached hydrogens (tertiary/aromatic N) is 3. The molecule has 40 heavy (non-hydrogen) atoms. The number of anilines is 1. The zero-order valence-electron chi connectivity index (χ0n) is 23.6. The summed E-state index contributed by atoms with van der Waals surface area (Å²) in [7, 11) is -1.63. The first-order valence-electron chi connectivity index (χ1n) is 13.5. The molecule has 2 aliphatic heterocycles. The van der Waals surface area contributed by atoms with Gasteiger partial charge in [-0.25, -0.2) is 12.8 Å². The molecule has 2 heterocycles. The molecule has 1 spiro atoms. The Morgan fingerprint density at radius 2 is 1.70 bits per heavy atom. The van der Waals surface area contributed by atoms with E-state index in [9.17, 15) is 27.2 Å². The van der Waals surface area contributed by atoms with Gasteiger partial charge in [-0.1, -0.05) is 26.8 Å². The average Bonchev–Trinajstić information content (AvgIpc) is 3.16. The highest BCUT2D eigenvalue weighted by molar-refractivity contribution is 7.90. The van der Waals surface area contributed by atoms with Crippen molar-refractivity contribution in [2.45, 2.75) is 56.5 Å². The molecule has 2 fully saturated rings. The van der Waals surface area contributed by atoms with E-state index in [0.29, 0.717) is 39.0 Å². The van der Waals surface area contributed by atoms with Crippen molar-refractivity contribution >= 4 is 33.2 Å². The lowest BCUT2D eigenvalue weighted by atomic mass is 9.85. The van der Waals surface area contributed by atoms with Crippen LogP contribution in [0.15, 0.2) is 47.4 Å². The molecule has 216 valence electrons. The molecule has 1 N–H and O–H groups in total. The smallest absolute Gasteiger partial charge is 0.254 e. The van der Waals surface area contributed by atoms with E-state index in [2.05, 4.69) is 5.32 Å². The maximum atomic E-state index is 14.4. The molecule has 1 atom stereocenters. The zero-order chi connectivity index (χ0) is 29.4. The summed E-state index contributed by atoms with van der Waals surface area (Å²) >= 11 is 0. The van der Waals surface area contributed by atoms with Gasteiger partial charge in [0.15, 0.2) is 9.84 Å². The lowest BCUT2D eigenvalue weighted by molar-refractivity contribution is -0.139. The number of likely N-dealkylation sites (tertiary alicyclic amines) is 1. The molecular formula is C29H37FN4O5S. The molecule has 0 aliphatic carbocycles. The number of carbonyl (C=O) groups excluding carboxylic acids is 3. The highest BCUT2D eigenvalue weighted by Crippen LogP contribution is 2.39. The maximum Gasteiger partial charge on any atom is 0.254 e. The molecule has 11 heteroatoms. The molecule has 0 bridgehead atoms. The van der Waals surface area contributed by atoms with Gasteiger partial charge in [0.05, 0.1) is 17.1 Å². The standard InChI is InChI=1S/C29H37FN4O5S/c1-6-20-7-12-24(30)23(17-20)26(35)31-25(19(2)3)27(36)33-15-13-29(14-16-33)28(37)32(4)18-34(29)21-8-10-22(11-9-21)40(5,38)39/h7-12,17,19,25H,6,13-16,18H2,1-5H3,(H,31,35)/t25-/m1/s1. The third-order valence-electron chi connectivity index (χ3n) is 8.00. The number of hydrogen-bond donors (Lipinski definition) is 1. The first kappa shape index (κ1) is 29.5. The number of sulfone groups is 1. The minimum absolute atomic E-state index is 0.0493. The number of rotatable bonds is 7. The number of benzene rings is 2. The number of amides is 3. The van der Waals surface area contributed by atoms with Crippen molar-refractivity contribution in [2.24, 2.45) is 5.92 Å². The van der Waals surface area contributed by atoms with Crippen LogP contribution in [0.1, 0.15) is 49.5 Å². The maximum absolute atomic E-state index is 14.4. The molecule has 2 aliphatic rings. The topological polar surface area (TPSA) is 107 Å². The summed E-state index contributed by atoms with van der Waals surface area (Å²) < 4.78 is 38.2. The van der Waals surface area contributed by atoms with Gasteiger partial charge >= 0.3 is 0 Å². The number of nitrogens with one attached hydrogen (secondary N) is 1. The second-order valence-corrected chi connectivity index (χ2v) is 13.1. The first-order valence-corrected chi connectivity index (χ1v) is 15.4. The number of aryl methyl sites for hydroxylation is 1. The lowest BCUT2D eigenvalue weighted by Gasteiger charge is -2.44. The molecule has 4 rings (SSSR count). The second kappa shape index (κ2) is 11.2. The number of likely N-dealkylation sites (N-methyl/N-ethyl adjacent to an activating group) is 1. The van der Waals surface area contributed by atoms with Crippen LogP contribution in [0, 0.1) is 11.7 Å². The zero-order valence-corrected chi connectivity index (χ0v) is 24.4. The molecule has 2 aromatic rings. The summed E-state index contributed by atoms with van der Waals surface area (Å²) in [5.74, 6) is -1.84. The summed E-state index contributed by atoms with van der Waals surface area (Å²) in [5.41, 5.74) is 0.599. The largest absolute Gasteiger partial charge is 0.341 e. The number of carbonyl (C=O) groups is 3. The third kappa shape index (κ3) is 5.56. The predicted octanol–water partition coefficient (Wildman–Crippen LogP) is 2.84. The SMILES string of the molecule is CCc1ccc(F)c(C(=O)N[C@@H](C(=O)N2CCC3(CC2)C(=O)N(C)CN3c2ccc(S(C)(=O)=O)cc2)C(C)C)c1. The molecule has 0 radical (unpaired) electrons. The Kier molecular flexibility index (Phi) is 8.26. The van der Waals surface area contributed by atoms with Crippen LogP contribution in [0.3, 0.4) is 0 Å². The van der Waals surface area contributed by atoms with Crippen molar-refractivity contribution < 1.29 is 27.2 Å². The van der Waals surface area contributed by atoms with E-state index in [-0.39, 0.29) is 28.2 Å². The van der Waals surface area contributed by atoms with Gasteiger partial charge in [-0.2, -0.15) is 0 Å². The van der Waals surface area contributed by atoms with Crippen molar-refractivity contribution in [3.63, 3.8) is 0 Å². The van der Waals surface area contributed by atoms with Crippen LogP contribution in [0.4, 0.5) is 10.1 Å². The second-order valence-electron chi connectivity index (χ2n) is 11.1. The van der Waals surface area contributed by atoms with Gasteiger partial charge < -0.3 is 20.0 Å². The first-order chi connectivity index (χ1) is 18.8. The summed E-state index contributed by atoms with van der Waals surface area (Å²) in [4.78, 5) is 45.5. The monoisotopic (exact) mass is 572 g/mol. The average molecular weight is 573 g/mol. The van der Waals surface area contributed by atoms with Gasteiger partial charge in [-0.05, 0) is 67.1 Å². The number of hydrogen-bond acceptors (Lipinski definition) is 6. The summed E-state index contributed by atoms with van der Waals surface area (Å²) in [6, 6.07) is 10.0. The van der Waals surface area contributed by atoms with E-state index in [0.717, 1.165) is 17.5 Å². The van der Waals surface area contributed by atoms with Gasteiger partial charge in [0.1, 0.15) is 17.4 Å². The Labute approximate surface area is 235 Å². The minimum Gasteiger partial charge on any atom is -0.341 e. The number of halogens is 1. The predicted molar refractivity (Wildman–Crippen MR) is 150 cm³/mol. The van der Waals surface area contributed by atoms with Crippen LogP contribution < -0.4 is 10.2 Å². The molecule has 2 aromatic carbocycles. The van der Waals surface area contributed by atoms with E-state index in [1.54, 1.807) is 35.0 Å². The van der Waals surface area contributed by atoms with Crippen LogP contribution in [-0.2, 0) is 25.8 Å². The highest BCUT2D eigenvalue weighted by Gasteiger charge is 2.53. The van der Waals surface area contributed by atoms with E-state index in [1.807, 2.05) is 25.7 Å². The molecule has 3 amide bonds. The lowest BCUT2D eigenvalue weighted by Crippen LogP contribution is -2.60. The van der Waals surface area contributed by atoms with E-state index in [1.165, 1.54) is 24.3 Å². The quantitative estimate of drug-likeness (QED) is 0.547. The highest BCUT2D eigenvalue weighted by atomic mass is 32.2. The van der Waals surface area contributed by atoms with E-state index >= 15 is 0 Å². The third-order valence-corrected chi connectivity index (χ3v) is 9.13. The fraction of sp³-hybridized carbons (Fsp3) is 0.483. The summed E-state index contributed by atoms with van der Waals surface area (Å²) in [6.45, 7) is 6.51. The van der Waals surface area contributed by atoms with Crippen LogP contribution in [-0.4, -0.2) is 80.6 Å². The molecule has 0 saturated carbocycles. The molecular weight excluding hydrogens is 535 g/mol. The van der Waals surface area contributed by atoms with Crippen molar-refractivity contribution in [1.82, 2.24) is 15.1 Å². The number of piperidine rings is 1. The fourth-order valence-corrected chi connectivity index (χ4v) is 6.19. The van der Waals surface area contributed by atoms with Crippen LogP contribution in [0.25, 0.3) is 0 Å². The van der Waals surface area contributed by atoms with Gasteiger partial charge in [-0.15, -0.1) is 0 Å². The van der Waals surface area contributed by atoms with E-state index in [4.69, 9.17) is 0 Å². The van der Waals surface area contributed by atoms with E-state index < -0.39 is 33.1 Å². The van der Waals surface area contributed by atoms with Crippen LogP contribution >= 0.6 is 0 Å². The van der Waals surface area contributed by atoms with Gasteiger partial charge in [0, 0.05) is 32.1 Å². The minimum atomic E-state index is -3.35. The van der Waals surface area contributed by atoms with Gasteiger partial charge in [0.25, 0.3) is 5.91 Å². The molecule has 2 saturated heterocycles. The Morgan fingerprint density at radius 3 is 2.25 bits per heavy atom. The van der Waals surface area contributed by atoms with Crippen molar-refractivity contribution in [3.05, 3.63) is 59.4 Å². The Balaban J connectivity index is 1.51.